The summed E-state index contributed by atoms with van der Waals surface area (Å²) in [7, 11) is 1.80. The van der Waals surface area contributed by atoms with Crippen LogP contribution in [0.2, 0.25) is 0 Å². The maximum Gasteiger partial charge on any atom is 0.0826 e. The van der Waals surface area contributed by atoms with Crippen LogP contribution in [-0.2, 0) is 9.47 Å². The van der Waals surface area contributed by atoms with Crippen LogP contribution in [0.25, 0.3) is 0 Å². The van der Waals surface area contributed by atoms with Gasteiger partial charge in [-0.2, -0.15) is 0 Å². The van der Waals surface area contributed by atoms with Gasteiger partial charge < -0.3 is 14.8 Å². The van der Waals surface area contributed by atoms with E-state index in [-0.39, 0.29) is 0 Å². The van der Waals surface area contributed by atoms with Gasteiger partial charge in [0.2, 0.25) is 0 Å². The van der Waals surface area contributed by atoms with Gasteiger partial charge in [-0.25, -0.2) is 0 Å². The third kappa shape index (κ3) is 3.17. The van der Waals surface area contributed by atoms with Crippen LogP contribution in [0.15, 0.2) is 0 Å². The van der Waals surface area contributed by atoms with E-state index in [0.717, 1.165) is 45.6 Å². The van der Waals surface area contributed by atoms with Crippen LogP contribution in [0.3, 0.4) is 0 Å². The highest BCUT2D eigenvalue weighted by atomic mass is 16.5. The minimum atomic E-state index is 0.371. The van der Waals surface area contributed by atoms with Crippen molar-refractivity contribution in [1.29, 1.82) is 0 Å². The van der Waals surface area contributed by atoms with Gasteiger partial charge in [0.1, 0.15) is 0 Å². The summed E-state index contributed by atoms with van der Waals surface area (Å²) in [6.07, 6.45) is 3.16. The smallest absolute Gasteiger partial charge is 0.0826 e. The highest BCUT2D eigenvalue weighted by Gasteiger charge is 2.29. The van der Waals surface area contributed by atoms with Gasteiger partial charge in [0, 0.05) is 32.8 Å². The van der Waals surface area contributed by atoms with E-state index in [1.54, 1.807) is 7.11 Å². The summed E-state index contributed by atoms with van der Waals surface area (Å²) in [6, 6.07) is 0.644. The Morgan fingerprint density at radius 3 is 2.94 bits per heavy atom. The average Bonchev–Trinajstić information content (AvgIpc) is 2.28. The quantitative estimate of drug-likeness (QED) is 0.742. The fourth-order valence-electron chi connectivity index (χ4n) is 2.41. The third-order valence-corrected chi connectivity index (χ3v) is 3.73. The molecular formula is C12H24N2O2. The Balaban J connectivity index is 1.59. The van der Waals surface area contributed by atoms with Crippen molar-refractivity contribution in [2.24, 2.45) is 0 Å². The van der Waals surface area contributed by atoms with Crippen molar-refractivity contribution < 1.29 is 9.47 Å². The first-order valence-corrected chi connectivity index (χ1v) is 6.42. The van der Waals surface area contributed by atoms with E-state index < -0.39 is 0 Å². The number of methoxy groups -OCH3 is 1. The predicted octanol–water partition coefficient (Wildman–Crippen LogP) is 0.474. The summed E-state index contributed by atoms with van der Waals surface area (Å²) < 4.78 is 11.0. The molecule has 0 amide bonds. The number of likely N-dealkylation sites (N-methyl/N-ethyl adjacent to an activating group) is 1. The summed E-state index contributed by atoms with van der Waals surface area (Å²) in [5, 5.41) is 3.57. The van der Waals surface area contributed by atoms with Gasteiger partial charge in [0.25, 0.3) is 0 Å². The summed E-state index contributed by atoms with van der Waals surface area (Å²) in [5.41, 5.74) is 0. The molecule has 1 N–H and O–H groups in total. The lowest BCUT2D eigenvalue weighted by atomic mass is 9.89. The van der Waals surface area contributed by atoms with Crippen LogP contribution < -0.4 is 5.32 Å². The molecule has 1 saturated heterocycles. The number of morpholine rings is 1. The summed E-state index contributed by atoms with van der Waals surface area (Å²) in [4.78, 5) is 2.45. The Kier molecular flexibility index (Phi) is 4.58. The summed E-state index contributed by atoms with van der Waals surface area (Å²) >= 11 is 0. The van der Waals surface area contributed by atoms with Gasteiger partial charge in [-0.15, -0.1) is 0 Å². The zero-order valence-corrected chi connectivity index (χ0v) is 10.4. The fourth-order valence-corrected chi connectivity index (χ4v) is 2.41. The van der Waals surface area contributed by atoms with Gasteiger partial charge in [0.15, 0.2) is 0 Å². The largest absolute Gasteiger partial charge is 0.381 e. The van der Waals surface area contributed by atoms with Gasteiger partial charge in [-0.3, -0.25) is 4.90 Å². The maximum absolute atomic E-state index is 5.75. The topological polar surface area (TPSA) is 33.7 Å². The second-order valence-corrected chi connectivity index (χ2v) is 4.82. The van der Waals surface area contributed by atoms with E-state index in [0.29, 0.717) is 18.2 Å². The lowest BCUT2D eigenvalue weighted by molar-refractivity contribution is -0.0338. The molecule has 4 heteroatoms. The zero-order chi connectivity index (χ0) is 11.4. The molecule has 1 atom stereocenters. The van der Waals surface area contributed by atoms with Gasteiger partial charge in [-0.1, -0.05) is 6.92 Å². The minimum absolute atomic E-state index is 0.371. The molecule has 0 aromatic heterocycles. The number of nitrogens with zero attached hydrogens (tertiary/aromatic N) is 1. The second-order valence-electron chi connectivity index (χ2n) is 4.82. The van der Waals surface area contributed by atoms with E-state index in [4.69, 9.17) is 9.47 Å². The lowest BCUT2D eigenvalue weighted by Crippen LogP contribution is -2.51. The molecule has 2 aliphatic rings. The molecule has 0 radical (unpaired) electrons. The second kappa shape index (κ2) is 5.96. The van der Waals surface area contributed by atoms with Crippen LogP contribution in [0.4, 0.5) is 0 Å². The molecule has 0 bridgehead atoms. The Morgan fingerprint density at radius 1 is 1.44 bits per heavy atom. The van der Waals surface area contributed by atoms with E-state index in [9.17, 15) is 0 Å². The summed E-state index contributed by atoms with van der Waals surface area (Å²) in [6.45, 7) is 7.37. The number of rotatable bonds is 5. The molecule has 4 nitrogen and oxygen atoms in total. The first-order valence-electron chi connectivity index (χ1n) is 6.42. The Labute approximate surface area is 98.3 Å². The Hall–Kier alpha value is -0.160. The maximum atomic E-state index is 5.75. The van der Waals surface area contributed by atoms with Crippen molar-refractivity contribution >= 4 is 0 Å². The molecule has 2 rings (SSSR count). The van der Waals surface area contributed by atoms with Crippen LogP contribution in [0, 0.1) is 0 Å². The third-order valence-electron chi connectivity index (χ3n) is 3.73. The van der Waals surface area contributed by atoms with Crippen LogP contribution in [0.1, 0.15) is 19.8 Å². The standard InChI is InChI=1S/C12H24N2O2/c1-3-14-4-5-16-12(9-14)8-13-10-6-11(7-10)15-2/h10-13H,3-9H2,1-2H3. The first kappa shape index (κ1) is 12.3. The van der Waals surface area contributed by atoms with Crippen molar-refractivity contribution in [2.75, 3.05) is 39.9 Å². The highest BCUT2D eigenvalue weighted by molar-refractivity contribution is 4.87. The van der Waals surface area contributed by atoms with E-state index in [2.05, 4.69) is 17.1 Å². The fraction of sp³-hybridized carbons (Fsp3) is 1.00. The SMILES string of the molecule is CCN1CCOC(CNC2CC(OC)C2)C1. The molecule has 0 spiro atoms. The number of nitrogens with one attached hydrogen (secondary N) is 1. The average molecular weight is 228 g/mol. The first-order chi connectivity index (χ1) is 7.81. The van der Waals surface area contributed by atoms with Crippen molar-refractivity contribution in [2.45, 2.75) is 38.0 Å². The van der Waals surface area contributed by atoms with E-state index in [1.165, 1.54) is 0 Å². The van der Waals surface area contributed by atoms with Gasteiger partial charge >= 0.3 is 0 Å². The van der Waals surface area contributed by atoms with Crippen molar-refractivity contribution in [1.82, 2.24) is 10.2 Å². The van der Waals surface area contributed by atoms with Crippen molar-refractivity contribution in [3.05, 3.63) is 0 Å². The molecule has 16 heavy (non-hydrogen) atoms. The molecule has 1 aliphatic carbocycles. The van der Waals surface area contributed by atoms with Crippen LogP contribution >= 0.6 is 0 Å². The number of hydrogen-bond acceptors (Lipinski definition) is 4. The molecule has 1 aliphatic heterocycles. The predicted molar refractivity (Wildman–Crippen MR) is 63.7 cm³/mol. The Bertz CT molecular complexity index is 207. The Morgan fingerprint density at radius 2 is 2.25 bits per heavy atom. The highest BCUT2D eigenvalue weighted by Crippen LogP contribution is 2.22. The molecule has 1 heterocycles. The van der Waals surface area contributed by atoms with Crippen molar-refractivity contribution in [3.8, 4) is 0 Å². The van der Waals surface area contributed by atoms with Crippen LogP contribution in [0.5, 0.6) is 0 Å². The van der Waals surface area contributed by atoms with Gasteiger partial charge in [-0.05, 0) is 19.4 Å². The summed E-state index contributed by atoms with van der Waals surface area (Å²) in [5.74, 6) is 0. The number of ether oxygens (including phenoxy) is 2. The number of hydrogen-bond donors (Lipinski definition) is 1. The molecular weight excluding hydrogens is 204 g/mol. The lowest BCUT2D eigenvalue weighted by Gasteiger charge is -2.37. The van der Waals surface area contributed by atoms with Crippen LogP contribution in [-0.4, -0.2) is 63.0 Å². The zero-order valence-electron chi connectivity index (χ0n) is 10.4. The normalized spacial score (nSPS) is 36.0. The monoisotopic (exact) mass is 228 g/mol. The van der Waals surface area contributed by atoms with E-state index >= 15 is 0 Å². The molecule has 0 aromatic carbocycles. The van der Waals surface area contributed by atoms with E-state index in [1.807, 2.05) is 0 Å². The van der Waals surface area contributed by atoms with Crippen molar-refractivity contribution in [3.63, 3.8) is 0 Å². The minimum Gasteiger partial charge on any atom is -0.381 e. The molecule has 0 aromatic rings. The van der Waals surface area contributed by atoms with Gasteiger partial charge in [0.05, 0.1) is 18.8 Å². The molecule has 1 unspecified atom stereocenters. The molecule has 2 fully saturated rings. The molecule has 1 saturated carbocycles. The molecule has 94 valence electrons.